The van der Waals surface area contributed by atoms with Gasteiger partial charge in [0.1, 0.15) is 36.2 Å². The van der Waals surface area contributed by atoms with Crippen molar-refractivity contribution >= 4 is 10.8 Å². The van der Waals surface area contributed by atoms with Crippen LogP contribution in [-0.4, -0.2) is 32.0 Å². The minimum Gasteiger partial charge on any atom is -0.496 e. The molecule has 0 unspecified atom stereocenters. The van der Waals surface area contributed by atoms with Crippen molar-refractivity contribution in [3.63, 3.8) is 0 Å². The van der Waals surface area contributed by atoms with E-state index in [1.807, 2.05) is 30.3 Å². The van der Waals surface area contributed by atoms with Crippen molar-refractivity contribution in [3.8, 4) is 34.1 Å². The number of methoxy groups -OCH3 is 2. The second-order valence-electron chi connectivity index (χ2n) is 13.6. The zero-order valence-corrected chi connectivity index (χ0v) is 30.7. The van der Waals surface area contributed by atoms with E-state index in [4.69, 9.17) is 23.7 Å². The van der Waals surface area contributed by atoms with E-state index in [0.29, 0.717) is 19.0 Å². The fourth-order valence-corrected chi connectivity index (χ4v) is 7.59. The zero-order chi connectivity index (χ0) is 36.0. The first-order valence-electron chi connectivity index (χ1n) is 18.0. The quantitative estimate of drug-likeness (QED) is 0.112. The van der Waals surface area contributed by atoms with Gasteiger partial charge in [-0.1, -0.05) is 97.1 Å². The van der Waals surface area contributed by atoms with Crippen LogP contribution in [0.3, 0.4) is 0 Å². The molecule has 0 aliphatic carbocycles. The Morgan fingerprint density at radius 2 is 1.25 bits per heavy atom. The predicted octanol–water partition coefficient (Wildman–Crippen LogP) is 10.5. The van der Waals surface area contributed by atoms with Gasteiger partial charge in [-0.05, 0) is 84.2 Å². The van der Waals surface area contributed by atoms with Gasteiger partial charge in [-0.2, -0.15) is 0 Å². The van der Waals surface area contributed by atoms with Crippen LogP contribution in [0.5, 0.6) is 23.0 Å². The van der Waals surface area contributed by atoms with Crippen LogP contribution in [0, 0.1) is 6.92 Å². The van der Waals surface area contributed by atoms with E-state index in [1.165, 1.54) is 16.7 Å². The Balaban J connectivity index is 1.46. The summed E-state index contributed by atoms with van der Waals surface area (Å²) in [6.45, 7) is 8.60. The molecule has 0 bridgehead atoms. The molecule has 1 aliphatic heterocycles. The highest BCUT2D eigenvalue weighted by molar-refractivity contribution is 6.05. The van der Waals surface area contributed by atoms with Gasteiger partial charge in [-0.25, -0.2) is 0 Å². The van der Waals surface area contributed by atoms with E-state index in [1.54, 1.807) is 14.2 Å². The summed E-state index contributed by atoms with van der Waals surface area (Å²) in [7, 11) is 3.34. The van der Waals surface area contributed by atoms with Gasteiger partial charge < -0.3 is 23.7 Å². The molecule has 1 aliphatic rings. The lowest BCUT2D eigenvalue weighted by Crippen LogP contribution is -2.41. The highest BCUT2D eigenvalue weighted by Gasteiger charge is 2.36. The molecule has 6 aromatic carbocycles. The van der Waals surface area contributed by atoms with E-state index in [-0.39, 0.29) is 18.9 Å². The lowest BCUT2D eigenvalue weighted by atomic mass is 9.81. The minimum atomic E-state index is 0.0681. The van der Waals surface area contributed by atoms with E-state index in [0.717, 1.165) is 68.8 Å². The molecular formula is C46H47NO5. The Morgan fingerprint density at radius 3 is 1.87 bits per heavy atom. The summed E-state index contributed by atoms with van der Waals surface area (Å²) in [5.41, 5.74) is 9.17. The van der Waals surface area contributed by atoms with Crippen molar-refractivity contribution in [2.75, 3.05) is 21.0 Å². The van der Waals surface area contributed by atoms with Gasteiger partial charge in [-0.15, -0.1) is 0 Å². The summed E-state index contributed by atoms with van der Waals surface area (Å²) in [6, 6.07) is 42.3. The van der Waals surface area contributed by atoms with Crippen LogP contribution in [0.15, 0.2) is 121 Å². The fraction of sp³-hybridized carbons (Fsp3) is 0.261. The van der Waals surface area contributed by atoms with Gasteiger partial charge in [0.05, 0.1) is 12.5 Å². The second kappa shape index (κ2) is 15.9. The van der Waals surface area contributed by atoms with Crippen molar-refractivity contribution in [3.05, 3.63) is 155 Å². The van der Waals surface area contributed by atoms with Crippen LogP contribution >= 0.6 is 0 Å². The van der Waals surface area contributed by atoms with Crippen LogP contribution in [0.2, 0.25) is 0 Å². The molecule has 7 rings (SSSR count). The second-order valence-corrected chi connectivity index (χ2v) is 13.6. The van der Waals surface area contributed by atoms with E-state index in [2.05, 4.69) is 117 Å². The Hall–Kier alpha value is -5.30. The Kier molecular flexibility index (Phi) is 10.8. The molecule has 6 nitrogen and oxygen atoms in total. The monoisotopic (exact) mass is 693 g/mol. The molecule has 0 saturated carbocycles. The summed E-state index contributed by atoms with van der Waals surface area (Å²) in [4.78, 5) is 2.59. The average Bonchev–Trinajstić information content (AvgIpc) is 3.17. The van der Waals surface area contributed by atoms with Crippen molar-refractivity contribution in [1.29, 1.82) is 0 Å². The summed E-state index contributed by atoms with van der Waals surface area (Å²) in [6.07, 6.45) is 0.818. The van der Waals surface area contributed by atoms with Gasteiger partial charge in [-0.3, -0.25) is 4.90 Å². The van der Waals surface area contributed by atoms with Crippen LogP contribution in [0.1, 0.15) is 53.3 Å². The third kappa shape index (κ3) is 7.36. The number of fused-ring (bicyclic) bond motifs is 2. The molecule has 0 spiro atoms. The molecule has 0 aromatic heterocycles. The molecule has 0 N–H and O–H groups in total. The topological polar surface area (TPSA) is 49.4 Å². The zero-order valence-electron chi connectivity index (χ0n) is 30.7. The third-order valence-electron chi connectivity index (χ3n) is 10.1. The molecule has 0 fully saturated rings. The number of nitrogens with zero attached hydrogens (tertiary/aromatic N) is 1. The maximum Gasteiger partial charge on any atom is 0.188 e. The van der Waals surface area contributed by atoms with E-state index < -0.39 is 0 Å². The Morgan fingerprint density at radius 1 is 0.635 bits per heavy atom. The molecule has 1 heterocycles. The predicted molar refractivity (Wildman–Crippen MR) is 208 cm³/mol. The van der Waals surface area contributed by atoms with Crippen molar-refractivity contribution in [1.82, 2.24) is 4.90 Å². The van der Waals surface area contributed by atoms with Crippen LogP contribution < -0.4 is 18.9 Å². The fourth-order valence-electron chi connectivity index (χ4n) is 7.59. The summed E-state index contributed by atoms with van der Waals surface area (Å²) in [5.74, 6) is 3.09. The highest BCUT2D eigenvalue weighted by atomic mass is 16.7. The van der Waals surface area contributed by atoms with E-state index >= 15 is 0 Å². The molecule has 6 heteroatoms. The molecule has 0 saturated heterocycles. The summed E-state index contributed by atoms with van der Waals surface area (Å²) >= 11 is 0. The van der Waals surface area contributed by atoms with Crippen LogP contribution in [0.25, 0.3) is 21.9 Å². The average molecular weight is 694 g/mol. The van der Waals surface area contributed by atoms with Gasteiger partial charge >= 0.3 is 0 Å². The number of hydrogen-bond acceptors (Lipinski definition) is 6. The van der Waals surface area contributed by atoms with Crippen LogP contribution in [0.4, 0.5) is 0 Å². The minimum absolute atomic E-state index is 0.0681. The Bertz CT molecular complexity index is 2120. The van der Waals surface area contributed by atoms with Crippen molar-refractivity contribution in [2.45, 2.75) is 59.0 Å². The molecular weight excluding hydrogens is 647 g/mol. The third-order valence-corrected chi connectivity index (χ3v) is 10.1. The van der Waals surface area contributed by atoms with Gasteiger partial charge in [0.2, 0.25) is 0 Å². The van der Waals surface area contributed by atoms with Crippen molar-refractivity contribution in [2.24, 2.45) is 0 Å². The first-order chi connectivity index (χ1) is 25.4. The largest absolute Gasteiger partial charge is 0.496 e. The van der Waals surface area contributed by atoms with Crippen molar-refractivity contribution < 1.29 is 23.7 Å². The molecule has 0 radical (unpaired) electrons. The smallest absolute Gasteiger partial charge is 0.188 e. The van der Waals surface area contributed by atoms with Gasteiger partial charge in [0, 0.05) is 42.9 Å². The molecule has 52 heavy (non-hydrogen) atoms. The van der Waals surface area contributed by atoms with E-state index in [9.17, 15) is 0 Å². The number of ether oxygens (including phenoxy) is 5. The molecule has 266 valence electrons. The maximum absolute atomic E-state index is 6.88. The lowest BCUT2D eigenvalue weighted by molar-refractivity contribution is 0.0521. The maximum atomic E-state index is 6.88. The van der Waals surface area contributed by atoms with Crippen LogP contribution in [-0.2, 0) is 30.9 Å². The van der Waals surface area contributed by atoms with Gasteiger partial charge in [0.15, 0.2) is 6.79 Å². The first kappa shape index (κ1) is 35.1. The summed E-state index contributed by atoms with van der Waals surface area (Å²) in [5, 5.41) is 1.93. The summed E-state index contributed by atoms with van der Waals surface area (Å²) < 4.78 is 31.1. The SMILES string of the molecule is COCOc1ccc(-c2c(OCc3ccccc3)cc(OCc3ccccc3)c3c2C[C@@H](C)N(Cc2ccccc2)[C@@H]3C)c2cc(C)cc(OC)c12. The number of benzene rings is 6. The highest BCUT2D eigenvalue weighted by Crippen LogP contribution is 2.51. The number of hydrogen-bond donors (Lipinski definition) is 0. The standard InChI is InChI=1S/C46H47NO5/c1-31-23-38-37(21-22-40(52-30-48-4)46(38)41(24-31)49-5)45-39-25-32(2)47(27-34-15-9-6-10-16-34)33(3)44(39)42(50-28-35-17-11-7-12-18-35)26-43(45)51-29-36-19-13-8-14-20-36/h6-24,26,32-33H,25,27-30H2,1-5H3/t32-,33-/m1/s1. The lowest BCUT2D eigenvalue weighted by Gasteiger charge is -2.42. The number of aryl methyl sites for hydroxylation is 1. The molecule has 0 amide bonds. The van der Waals surface area contributed by atoms with Gasteiger partial charge in [0.25, 0.3) is 0 Å². The normalized spacial score (nSPS) is 15.6. The Labute approximate surface area is 307 Å². The number of rotatable bonds is 13. The first-order valence-corrected chi connectivity index (χ1v) is 18.0. The molecule has 2 atom stereocenters. The molecule has 6 aromatic rings.